The zero-order valence-corrected chi connectivity index (χ0v) is 16.5. The first kappa shape index (κ1) is 20.1. The minimum atomic E-state index is -0.471. The lowest BCUT2D eigenvalue weighted by molar-refractivity contribution is -0.123. The van der Waals surface area contributed by atoms with Crippen molar-refractivity contribution in [1.29, 1.82) is 0 Å². The van der Waals surface area contributed by atoms with Crippen LogP contribution in [0.1, 0.15) is 12.5 Å². The molecule has 0 radical (unpaired) electrons. The molecule has 0 unspecified atom stereocenters. The van der Waals surface area contributed by atoms with E-state index in [1.54, 1.807) is 25.1 Å². The molecule has 1 N–H and O–H groups in total. The molecule has 9 heteroatoms. The molecule has 0 bridgehead atoms. The molecule has 2 aromatic carbocycles. The summed E-state index contributed by atoms with van der Waals surface area (Å²) in [4.78, 5) is 11.8. The Morgan fingerprint density at radius 2 is 1.60 bits per heavy atom. The highest BCUT2D eigenvalue weighted by molar-refractivity contribution is 6.43. The van der Waals surface area contributed by atoms with E-state index in [1.807, 2.05) is 0 Å². The standard InChI is InChI=1S/C16H11Cl5N2O2/c1-8(9-2-3-10(17)11(18)4-9)22-23-16(24)7-25-15-6-13(20)12(19)5-14(15)21/h2-6H,7H2,1H3,(H,23,24)/b22-8+. The Labute approximate surface area is 169 Å². The second-order valence-corrected chi connectivity index (χ2v) is 6.88. The van der Waals surface area contributed by atoms with Gasteiger partial charge >= 0.3 is 0 Å². The van der Waals surface area contributed by atoms with Gasteiger partial charge in [0.25, 0.3) is 5.91 Å². The summed E-state index contributed by atoms with van der Waals surface area (Å²) in [5.41, 5.74) is 3.66. The molecular weight excluding hydrogens is 429 g/mol. The first-order valence-electron chi connectivity index (χ1n) is 6.84. The van der Waals surface area contributed by atoms with Gasteiger partial charge in [0.2, 0.25) is 0 Å². The Hall–Kier alpha value is -1.17. The van der Waals surface area contributed by atoms with Crippen molar-refractivity contribution in [3.63, 3.8) is 0 Å². The van der Waals surface area contributed by atoms with E-state index in [0.717, 1.165) is 5.56 Å². The number of hydrogen-bond acceptors (Lipinski definition) is 3. The second-order valence-electron chi connectivity index (χ2n) is 4.85. The van der Waals surface area contributed by atoms with Gasteiger partial charge in [-0.2, -0.15) is 5.10 Å². The monoisotopic (exact) mass is 438 g/mol. The lowest BCUT2D eigenvalue weighted by Crippen LogP contribution is -2.25. The van der Waals surface area contributed by atoms with Gasteiger partial charge in [-0.05, 0) is 30.7 Å². The maximum Gasteiger partial charge on any atom is 0.277 e. The van der Waals surface area contributed by atoms with Crippen LogP contribution in [0.3, 0.4) is 0 Å². The Morgan fingerprint density at radius 3 is 2.28 bits per heavy atom. The summed E-state index contributed by atoms with van der Waals surface area (Å²) < 4.78 is 5.31. The Balaban J connectivity index is 1.96. The fraction of sp³-hybridized carbons (Fsp3) is 0.125. The van der Waals surface area contributed by atoms with Crippen LogP contribution < -0.4 is 10.2 Å². The largest absolute Gasteiger partial charge is 0.482 e. The zero-order valence-electron chi connectivity index (χ0n) is 12.7. The number of hydrogen-bond donors (Lipinski definition) is 1. The average molecular weight is 441 g/mol. The van der Waals surface area contributed by atoms with Crippen molar-refractivity contribution in [2.45, 2.75) is 6.92 Å². The summed E-state index contributed by atoms with van der Waals surface area (Å²) in [6.45, 7) is 1.42. The van der Waals surface area contributed by atoms with E-state index in [0.29, 0.717) is 20.8 Å². The highest BCUT2D eigenvalue weighted by Crippen LogP contribution is 2.33. The van der Waals surface area contributed by atoms with E-state index in [-0.39, 0.29) is 22.4 Å². The summed E-state index contributed by atoms with van der Waals surface area (Å²) >= 11 is 29.5. The van der Waals surface area contributed by atoms with Crippen LogP contribution in [0.5, 0.6) is 5.75 Å². The number of benzene rings is 2. The molecule has 2 rings (SSSR count). The van der Waals surface area contributed by atoms with Gasteiger partial charge in [0.15, 0.2) is 6.61 Å². The molecule has 0 aliphatic carbocycles. The van der Waals surface area contributed by atoms with Crippen LogP contribution in [0.4, 0.5) is 0 Å². The first-order valence-corrected chi connectivity index (χ1v) is 8.73. The smallest absolute Gasteiger partial charge is 0.277 e. The minimum Gasteiger partial charge on any atom is -0.482 e. The van der Waals surface area contributed by atoms with Gasteiger partial charge in [-0.15, -0.1) is 0 Å². The number of carbonyl (C=O) groups is 1. The van der Waals surface area contributed by atoms with Gasteiger partial charge < -0.3 is 4.74 Å². The predicted octanol–water partition coefficient (Wildman–Crippen LogP) is 5.87. The number of halogens is 5. The SMILES string of the molecule is C/C(=N\NC(=O)COc1cc(Cl)c(Cl)cc1Cl)c1ccc(Cl)c(Cl)c1. The van der Waals surface area contributed by atoms with Crippen LogP contribution >= 0.6 is 58.0 Å². The number of ether oxygens (including phenoxy) is 1. The highest BCUT2D eigenvalue weighted by atomic mass is 35.5. The number of rotatable bonds is 5. The van der Waals surface area contributed by atoms with Crippen LogP contribution in [0.25, 0.3) is 0 Å². The molecule has 4 nitrogen and oxygen atoms in total. The fourth-order valence-corrected chi connectivity index (χ4v) is 2.61. The maximum absolute atomic E-state index is 11.8. The summed E-state index contributed by atoms with van der Waals surface area (Å²) in [6, 6.07) is 7.91. The van der Waals surface area contributed by atoms with Crippen molar-refractivity contribution >= 4 is 69.6 Å². The molecule has 132 valence electrons. The molecule has 25 heavy (non-hydrogen) atoms. The molecule has 0 aliphatic rings. The number of nitrogens with one attached hydrogen (secondary N) is 1. The molecule has 0 atom stereocenters. The maximum atomic E-state index is 11.8. The van der Waals surface area contributed by atoms with Gasteiger partial charge in [-0.1, -0.05) is 64.1 Å². The zero-order chi connectivity index (χ0) is 18.6. The van der Waals surface area contributed by atoms with Crippen LogP contribution in [-0.4, -0.2) is 18.2 Å². The van der Waals surface area contributed by atoms with Gasteiger partial charge in [-0.25, -0.2) is 5.43 Å². The first-order chi connectivity index (χ1) is 11.8. The molecule has 0 heterocycles. The van der Waals surface area contributed by atoms with Crippen LogP contribution in [0.15, 0.2) is 35.4 Å². The summed E-state index contributed by atoms with van der Waals surface area (Å²) in [6.07, 6.45) is 0. The van der Waals surface area contributed by atoms with Gasteiger partial charge in [0, 0.05) is 6.07 Å². The molecule has 2 aromatic rings. The Kier molecular flexibility index (Phi) is 7.23. The van der Waals surface area contributed by atoms with E-state index in [9.17, 15) is 4.79 Å². The third-order valence-corrected chi connectivity index (χ3v) is 4.78. The average Bonchev–Trinajstić information content (AvgIpc) is 2.57. The van der Waals surface area contributed by atoms with Crippen molar-refractivity contribution in [3.8, 4) is 5.75 Å². The van der Waals surface area contributed by atoms with Crippen molar-refractivity contribution in [1.82, 2.24) is 5.43 Å². The number of nitrogens with zero attached hydrogens (tertiary/aromatic N) is 1. The van der Waals surface area contributed by atoms with Crippen LogP contribution in [-0.2, 0) is 4.79 Å². The molecular formula is C16H11Cl5N2O2. The van der Waals surface area contributed by atoms with Crippen molar-refractivity contribution < 1.29 is 9.53 Å². The van der Waals surface area contributed by atoms with E-state index in [2.05, 4.69) is 10.5 Å². The summed E-state index contributed by atoms with van der Waals surface area (Å²) in [7, 11) is 0. The van der Waals surface area contributed by atoms with Crippen LogP contribution in [0, 0.1) is 0 Å². The molecule has 0 spiro atoms. The van der Waals surface area contributed by atoms with Crippen LogP contribution in [0.2, 0.25) is 25.1 Å². The number of carbonyl (C=O) groups excluding carboxylic acids is 1. The third-order valence-electron chi connectivity index (χ3n) is 3.02. The highest BCUT2D eigenvalue weighted by Gasteiger charge is 2.10. The quantitative estimate of drug-likeness (QED) is 0.359. The van der Waals surface area contributed by atoms with Gasteiger partial charge in [-0.3, -0.25) is 4.79 Å². The van der Waals surface area contributed by atoms with Gasteiger partial charge in [0.05, 0.1) is 30.8 Å². The molecule has 0 saturated carbocycles. The fourth-order valence-electron chi connectivity index (χ4n) is 1.72. The Morgan fingerprint density at radius 1 is 0.960 bits per heavy atom. The van der Waals surface area contributed by atoms with Crippen molar-refractivity contribution in [3.05, 3.63) is 61.0 Å². The molecule has 0 saturated heterocycles. The van der Waals surface area contributed by atoms with E-state index in [4.69, 9.17) is 62.7 Å². The van der Waals surface area contributed by atoms with Crippen molar-refractivity contribution in [2.75, 3.05) is 6.61 Å². The number of amides is 1. The predicted molar refractivity (Wildman–Crippen MR) is 104 cm³/mol. The number of hydrazone groups is 1. The summed E-state index contributed by atoms with van der Waals surface area (Å²) in [5, 5.41) is 5.64. The van der Waals surface area contributed by atoms with E-state index in [1.165, 1.54) is 12.1 Å². The summed E-state index contributed by atoms with van der Waals surface area (Å²) in [5.74, 6) is -0.224. The normalized spacial score (nSPS) is 11.4. The molecule has 1 amide bonds. The Bertz CT molecular complexity index is 840. The molecule has 0 aromatic heterocycles. The molecule has 0 aliphatic heterocycles. The van der Waals surface area contributed by atoms with Gasteiger partial charge in [0.1, 0.15) is 5.75 Å². The lowest BCUT2D eigenvalue weighted by Gasteiger charge is -2.09. The second kappa shape index (κ2) is 8.97. The van der Waals surface area contributed by atoms with E-state index < -0.39 is 5.91 Å². The topological polar surface area (TPSA) is 50.7 Å². The molecule has 0 fully saturated rings. The minimum absolute atomic E-state index is 0.247. The van der Waals surface area contributed by atoms with E-state index >= 15 is 0 Å². The third kappa shape index (κ3) is 5.66. The lowest BCUT2D eigenvalue weighted by atomic mass is 10.1. The van der Waals surface area contributed by atoms with Crippen molar-refractivity contribution in [2.24, 2.45) is 5.10 Å².